The van der Waals surface area contributed by atoms with E-state index in [1.165, 1.54) is 6.26 Å². The molecule has 2 rings (SSSR count). The molecule has 1 saturated carbocycles. The average molecular weight is 316 g/mol. The van der Waals surface area contributed by atoms with E-state index in [1.807, 2.05) is 31.3 Å². The van der Waals surface area contributed by atoms with Crippen molar-refractivity contribution in [1.82, 2.24) is 5.32 Å². The molecule has 3 atom stereocenters. The van der Waals surface area contributed by atoms with E-state index in [-0.39, 0.29) is 11.3 Å². The number of benzene rings is 1. The van der Waals surface area contributed by atoms with Crippen molar-refractivity contribution in [2.24, 2.45) is 5.92 Å². The molecule has 0 aromatic heterocycles. The molecular weight excluding hydrogens is 294 g/mol. The fourth-order valence-electron chi connectivity index (χ4n) is 3.25. The summed E-state index contributed by atoms with van der Waals surface area (Å²) in [5, 5.41) is 3.86. The van der Waals surface area contributed by atoms with Gasteiger partial charge in [-0.25, -0.2) is 8.42 Å². The van der Waals surface area contributed by atoms with Crippen molar-refractivity contribution >= 4 is 21.4 Å². The van der Waals surface area contributed by atoms with Gasteiger partial charge in [0.1, 0.15) is 9.84 Å². The molecule has 1 aliphatic rings. The summed E-state index contributed by atoms with van der Waals surface area (Å²) in [4.78, 5) is 0. The summed E-state index contributed by atoms with van der Waals surface area (Å²) in [6, 6.07) is 7.92. The summed E-state index contributed by atoms with van der Waals surface area (Å²) in [7, 11) is -1.04. The molecule has 0 saturated heterocycles. The van der Waals surface area contributed by atoms with E-state index in [0.29, 0.717) is 5.92 Å². The van der Waals surface area contributed by atoms with Crippen LogP contribution in [0.1, 0.15) is 37.3 Å². The maximum Gasteiger partial charge on any atom is 0.150 e. The SMILES string of the molecule is CNC(c1ccccc1Cl)C1CCCC(S(C)(=O)=O)C1. The van der Waals surface area contributed by atoms with Gasteiger partial charge in [0, 0.05) is 17.3 Å². The Bertz CT molecular complexity index is 559. The zero-order chi connectivity index (χ0) is 14.8. The maximum atomic E-state index is 11.8. The predicted octanol–water partition coefficient (Wildman–Crippen LogP) is 3.20. The van der Waals surface area contributed by atoms with Gasteiger partial charge in [-0.1, -0.05) is 36.2 Å². The molecule has 0 amide bonds. The van der Waals surface area contributed by atoms with Crippen LogP contribution in [0, 0.1) is 5.92 Å². The van der Waals surface area contributed by atoms with Gasteiger partial charge in [-0.05, 0) is 43.9 Å². The smallest absolute Gasteiger partial charge is 0.150 e. The number of sulfone groups is 1. The molecule has 1 N–H and O–H groups in total. The molecule has 0 radical (unpaired) electrons. The molecule has 0 heterocycles. The molecule has 1 fully saturated rings. The van der Waals surface area contributed by atoms with Gasteiger partial charge in [0.2, 0.25) is 0 Å². The standard InChI is InChI=1S/C15H22ClNO2S/c1-17-15(13-8-3-4-9-14(13)16)11-6-5-7-12(10-11)20(2,18)19/h3-4,8-9,11-12,15,17H,5-7,10H2,1-2H3. The largest absolute Gasteiger partial charge is 0.313 e. The molecule has 1 aromatic carbocycles. The van der Waals surface area contributed by atoms with Gasteiger partial charge >= 0.3 is 0 Å². The van der Waals surface area contributed by atoms with Gasteiger partial charge in [-0.2, -0.15) is 0 Å². The molecule has 3 nitrogen and oxygen atoms in total. The number of hydrogen-bond acceptors (Lipinski definition) is 3. The van der Waals surface area contributed by atoms with E-state index in [1.54, 1.807) is 0 Å². The zero-order valence-electron chi connectivity index (χ0n) is 12.0. The van der Waals surface area contributed by atoms with Gasteiger partial charge in [-0.3, -0.25) is 0 Å². The van der Waals surface area contributed by atoms with E-state index in [9.17, 15) is 8.42 Å². The van der Waals surface area contributed by atoms with Gasteiger partial charge < -0.3 is 5.32 Å². The van der Waals surface area contributed by atoms with Gasteiger partial charge in [0.05, 0.1) is 5.25 Å². The van der Waals surface area contributed by atoms with Crippen LogP contribution in [0.2, 0.25) is 5.02 Å². The Balaban J connectivity index is 2.22. The highest BCUT2D eigenvalue weighted by atomic mass is 35.5. The number of nitrogens with one attached hydrogen (secondary N) is 1. The normalized spacial score (nSPS) is 25.4. The molecule has 112 valence electrons. The van der Waals surface area contributed by atoms with Crippen molar-refractivity contribution in [2.75, 3.05) is 13.3 Å². The molecule has 1 aromatic rings. The summed E-state index contributed by atoms with van der Waals surface area (Å²) >= 11 is 6.29. The zero-order valence-corrected chi connectivity index (χ0v) is 13.5. The van der Waals surface area contributed by atoms with Gasteiger partial charge in [0.15, 0.2) is 0 Å². The fourth-order valence-corrected chi connectivity index (χ4v) is 4.69. The Kier molecular flexibility index (Phi) is 5.10. The minimum absolute atomic E-state index is 0.119. The van der Waals surface area contributed by atoms with Crippen molar-refractivity contribution in [3.63, 3.8) is 0 Å². The lowest BCUT2D eigenvalue weighted by molar-refractivity contribution is 0.283. The minimum Gasteiger partial charge on any atom is -0.313 e. The topological polar surface area (TPSA) is 46.2 Å². The molecule has 1 aliphatic carbocycles. The van der Waals surface area contributed by atoms with E-state index in [4.69, 9.17) is 11.6 Å². The van der Waals surface area contributed by atoms with E-state index in [0.717, 1.165) is 36.3 Å². The van der Waals surface area contributed by atoms with Crippen molar-refractivity contribution in [2.45, 2.75) is 37.0 Å². The van der Waals surface area contributed by atoms with Crippen LogP contribution in [-0.4, -0.2) is 27.0 Å². The minimum atomic E-state index is -2.95. The first-order chi connectivity index (χ1) is 9.43. The van der Waals surface area contributed by atoms with Crippen molar-refractivity contribution in [3.8, 4) is 0 Å². The third-order valence-corrected chi connectivity index (χ3v) is 6.28. The number of rotatable bonds is 4. The Morgan fingerprint density at radius 3 is 2.60 bits per heavy atom. The molecule has 0 aliphatic heterocycles. The van der Waals surface area contributed by atoms with Crippen LogP contribution in [0.5, 0.6) is 0 Å². The Hall–Kier alpha value is -0.580. The van der Waals surface area contributed by atoms with E-state index in [2.05, 4.69) is 5.32 Å². The van der Waals surface area contributed by atoms with Crippen LogP contribution in [0.25, 0.3) is 0 Å². The second kappa shape index (κ2) is 6.46. The van der Waals surface area contributed by atoms with Crippen molar-refractivity contribution < 1.29 is 8.42 Å². The Morgan fingerprint density at radius 1 is 1.30 bits per heavy atom. The molecule has 0 bridgehead atoms. The second-order valence-electron chi connectivity index (χ2n) is 5.67. The lowest BCUT2D eigenvalue weighted by Gasteiger charge is -2.34. The molecule has 20 heavy (non-hydrogen) atoms. The summed E-state index contributed by atoms with van der Waals surface area (Å²) in [5.41, 5.74) is 1.07. The third-order valence-electron chi connectivity index (χ3n) is 4.29. The van der Waals surface area contributed by atoms with Crippen molar-refractivity contribution in [1.29, 1.82) is 0 Å². The first-order valence-corrected chi connectivity index (χ1v) is 9.37. The Labute approximate surface area is 126 Å². The van der Waals surface area contributed by atoms with Gasteiger partial charge in [-0.15, -0.1) is 0 Å². The Morgan fingerprint density at radius 2 is 2.00 bits per heavy atom. The average Bonchev–Trinajstić information content (AvgIpc) is 2.41. The van der Waals surface area contributed by atoms with E-state index >= 15 is 0 Å². The highest BCUT2D eigenvalue weighted by molar-refractivity contribution is 7.91. The highest BCUT2D eigenvalue weighted by Gasteiger charge is 2.33. The van der Waals surface area contributed by atoms with E-state index < -0.39 is 9.84 Å². The van der Waals surface area contributed by atoms with Crippen LogP contribution >= 0.6 is 11.6 Å². The molecule has 0 spiro atoms. The highest BCUT2D eigenvalue weighted by Crippen LogP contribution is 2.38. The summed E-state index contributed by atoms with van der Waals surface area (Å²) in [6.45, 7) is 0. The monoisotopic (exact) mass is 315 g/mol. The van der Waals surface area contributed by atoms with Crippen LogP contribution in [-0.2, 0) is 9.84 Å². The van der Waals surface area contributed by atoms with Crippen LogP contribution in [0.4, 0.5) is 0 Å². The quantitative estimate of drug-likeness (QED) is 0.928. The van der Waals surface area contributed by atoms with Crippen LogP contribution in [0.3, 0.4) is 0 Å². The predicted molar refractivity (Wildman–Crippen MR) is 83.8 cm³/mol. The first kappa shape index (κ1) is 15.8. The lowest BCUT2D eigenvalue weighted by atomic mass is 9.81. The third kappa shape index (κ3) is 3.54. The number of halogens is 1. The summed E-state index contributed by atoms with van der Waals surface area (Å²) < 4.78 is 23.6. The van der Waals surface area contributed by atoms with Crippen LogP contribution in [0.15, 0.2) is 24.3 Å². The second-order valence-corrected chi connectivity index (χ2v) is 8.40. The molecular formula is C15H22ClNO2S. The first-order valence-electron chi connectivity index (χ1n) is 7.04. The summed E-state index contributed by atoms with van der Waals surface area (Å²) in [6.07, 6.45) is 4.86. The molecule has 5 heteroatoms. The van der Waals surface area contributed by atoms with Crippen molar-refractivity contribution in [3.05, 3.63) is 34.9 Å². The van der Waals surface area contributed by atoms with Crippen LogP contribution < -0.4 is 5.32 Å². The lowest BCUT2D eigenvalue weighted by Crippen LogP contribution is -2.34. The fraction of sp³-hybridized carbons (Fsp3) is 0.600. The number of hydrogen-bond donors (Lipinski definition) is 1. The maximum absolute atomic E-state index is 11.8. The molecule has 3 unspecified atom stereocenters. The summed E-state index contributed by atoms with van der Waals surface area (Å²) in [5.74, 6) is 0.313. The van der Waals surface area contributed by atoms with Gasteiger partial charge in [0.25, 0.3) is 0 Å².